The van der Waals surface area contributed by atoms with Gasteiger partial charge in [0.1, 0.15) is 0 Å². The number of hydrogen-bond acceptors (Lipinski definition) is 3. The number of rotatable bonds is 4. The van der Waals surface area contributed by atoms with Crippen molar-refractivity contribution in [2.75, 3.05) is 6.54 Å². The molecule has 1 rings (SSSR count). The van der Waals surface area contributed by atoms with Crippen molar-refractivity contribution < 1.29 is 9.59 Å². The van der Waals surface area contributed by atoms with E-state index in [9.17, 15) is 9.59 Å². The fourth-order valence-corrected chi connectivity index (χ4v) is 2.32. The van der Waals surface area contributed by atoms with Gasteiger partial charge in [0.25, 0.3) is 5.24 Å². The number of hydrogen-bond donors (Lipinski definition) is 0. The van der Waals surface area contributed by atoms with Crippen molar-refractivity contribution in [3.05, 3.63) is 12.2 Å². The molecule has 1 heterocycles. The van der Waals surface area contributed by atoms with Crippen LogP contribution in [-0.4, -0.2) is 27.3 Å². The van der Waals surface area contributed by atoms with Gasteiger partial charge in [0.2, 0.25) is 5.91 Å². The fraction of sp³-hybridized carbons (Fsp3) is 0.636. The summed E-state index contributed by atoms with van der Waals surface area (Å²) < 4.78 is -0.578. The standard InChI is InChI=1S/C11H17NO2S/c1-4-5-6-7-8-12-9(13)11(2,3)15-10(12)14/h5-6H,4,7-8H2,1-3H3/b6-5+. The Morgan fingerprint density at radius 1 is 1.33 bits per heavy atom. The van der Waals surface area contributed by atoms with Gasteiger partial charge in [0.05, 0.1) is 4.75 Å². The van der Waals surface area contributed by atoms with E-state index < -0.39 is 4.75 Å². The molecule has 15 heavy (non-hydrogen) atoms. The summed E-state index contributed by atoms with van der Waals surface area (Å²) in [5, 5.41) is -0.116. The number of carbonyl (C=O) groups excluding carboxylic acids is 2. The average molecular weight is 227 g/mol. The fourth-order valence-electron chi connectivity index (χ4n) is 1.41. The lowest BCUT2D eigenvalue weighted by Gasteiger charge is -2.15. The lowest BCUT2D eigenvalue weighted by molar-refractivity contribution is -0.128. The van der Waals surface area contributed by atoms with E-state index in [4.69, 9.17) is 0 Å². The molecule has 0 aromatic rings. The predicted molar refractivity (Wildman–Crippen MR) is 62.8 cm³/mol. The van der Waals surface area contributed by atoms with E-state index in [1.54, 1.807) is 13.8 Å². The zero-order chi connectivity index (χ0) is 11.5. The minimum atomic E-state index is -0.578. The van der Waals surface area contributed by atoms with Crippen molar-refractivity contribution in [1.29, 1.82) is 0 Å². The Balaban J connectivity index is 2.52. The van der Waals surface area contributed by atoms with Crippen molar-refractivity contribution in [2.24, 2.45) is 0 Å². The maximum Gasteiger partial charge on any atom is 0.289 e. The molecule has 0 bridgehead atoms. The van der Waals surface area contributed by atoms with Gasteiger partial charge in [-0.1, -0.05) is 19.1 Å². The minimum Gasteiger partial charge on any atom is -0.273 e. The molecule has 1 saturated heterocycles. The third-order valence-electron chi connectivity index (χ3n) is 2.24. The number of carbonyl (C=O) groups is 2. The van der Waals surface area contributed by atoms with E-state index in [0.717, 1.165) is 24.6 Å². The van der Waals surface area contributed by atoms with Gasteiger partial charge < -0.3 is 0 Å². The van der Waals surface area contributed by atoms with Crippen molar-refractivity contribution in [3.8, 4) is 0 Å². The first-order valence-corrected chi connectivity index (χ1v) is 6.00. The van der Waals surface area contributed by atoms with Crippen molar-refractivity contribution in [3.63, 3.8) is 0 Å². The van der Waals surface area contributed by atoms with Gasteiger partial charge in [-0.2, -0.15) is 0 Å². The summed E-state index contributed by atoms with van der Waals surface area (Å²) in [5.41, 5.74) is 0. The highest BCUT2D eigenvalue weighted by Crippen LogP contribution is 2.36. The van der Waals surface area contributed by atoms with Crippen LogP contribution >= 0.6 is 11.8 Å². The molecule has 1 fully saturated rings. The van der Waals surface area contributed by atoms with Crippen LogP contribution in [0.2, 0.25) is 0 Å². The van der Waals surface area contributed by atoms with Crippen LogP contribution in [0.25, 0.3) is 0 Å². The zero-order valence-corrected chi connectivity index (χ0v) is 10.3. The molecule has 0 aromatic carbocycles. The van der Waals surface area contributed by atoms with Crippen LogP contribution in [0.15, 0.2) is 12.2 Å². The summed E-state index contributed by atoms with van der Waals surface area (Å²) >= 11 is 1.12. The molecule has 0 saturated carbocycles. The van der Waals surface area contributed by atoms with Gasteiger partial charge in [0, 0.05) is 6.54 Å². The Morgan fingerprint density at radius 3 is 2.47 bits per heavy atom. The maximum atomic E-state index is 11.8. The van der Waals surface area contributed by atoms with Crippen LogP contribution < -0.4 is 0 Å². The highest BCUT2D eigenvalue weighted by atomic mass is 32.2. The number of imide groups is 1. The van der Waals surface area contributed by atoms with Crippen molar-refractivity contribution in [1.82, 2.24) is 4.90 Å². The highest BCUT2D eigenvalue weighted by Gasteiger charge is 2.45. The second-order valence-corrected chi connectivity index (χ2v) is 5.58. The molecular formula is C11H17NO2S. The van der Waals surface area contributed by atoms with Gasteiger partial charge in [-0.05, 0) is 38.5 Å². The molecular weight excluding hydrogens is 210 g/mol. The third kappa shape index (κ3) is 2.84. The Kier molecular flexibility index (Phi) is 3.97. The Bertz CT molecular complexity index is 297. The average Bonchev–Trinajstić information content (AvgIpc) is 2.33. The molecule has 0 unspecified atom stereocenters. The van der Waals surface area contributed by atoms with Crippen LogP contribution in [0.1, 0.15) is 33.6 Å². The molecule has 84 valence electrons. The van der Waals surface area contributed by atoms with Gasteiger partial charge in [0.15, 0.2) is 0 Å². The van der Waals surface area contributed by atoms with E-state index in [-0.39, 0.29) is 11.1 Å². The molecule has 3 nitrogen and oxygen atoms in total. The maximum absolute atomic E-state index is 11.8. The van der Waals surface area contributed by atoms with Gasteiger partial charge in [-0.3, -0.25) is 14.5 Å². The van der Waals surface area contributed by atoms with E-state index in [0.29, 0.717) is 6.54 Å². The quantitative estimate of drug-likeness (QED) is 0.693. The summed E-state index contributed by atoms with van der Waals surface area (Å²) in [5.74, 6) is -0.0672. The first kappa shape index (κ1) is 12.3. The minimum absolute atomic E-state index is 0.0672. The van der Waals surface area contributed by atoms with Crippen LogP contribution in [-0.2, 0) is 4.79 Å². The van der Waals surface area contributed by atoms with Crippen LogP contribution in [0, 0.1) is 0 Å². The lowest BCUT2D eigenvalue weighted by Crippen LogP contribution is -2.36. The molecule has 0 radical (unpaired) electrons. The molecule has 4 heteroatoms. The molecule has 0 spiro atoms. The predicted octanol–water partition coefficient (Wildman–Crippen LogP) is 2.82. The van der Waals surface area contributed by atoms with Crippen LogP contribution in [0.4, 0.5) is 4.79 Å². The summed E-state index contributed by atoms with van der Waals surface area (Å²) in [6.07, 6.45) is 5.80. The lowest BCUT2D eigenvalue weighted by atomic mass is 10.2. The summed E-state index contributed by atoms with van der Waals surface area (Å²) in [7, 11) is 0. The summed E-state index contributed by atoms with van der Waals surface area (Å²) in [6, 6.07) is 0. The van der Waals surface area contributed by atoms with E-state index in [1.807, 2.05) is 12.2 Å². The van der Waals surface area contributed by atoms with Gasteiger partial charge >= 0.3 is 0 Å². The number of amides is 2. The van der Waals surface area contributed by atoms with Gasteiger partial charge in [-0.15, -0.1) is 0 Å². The first-order chi connectivity index (χ1) is 6.99. The molecule has 1 aliphatic rings. The topological polar surface area (TPSA) is 37.4 Å². The smallest absolute Gasteiger partial charge is 0.273 e. The van der Waals surface area contributed by atoms with Crippen LogP contribution in [0.5, 0.6) is 0 Å². The number of allylic oxidation sites excluding steroid dienone is 1. The zero-order valence-electron chi connectivity index (χ0n) is 9.45. The highest BCUT2D eigenvalue weighted by molar-refractivity contribution is 8.16. The van der Waals surface area contributed by atoms with Crippen molar-refractivity contribution in [2.45, 2.75) is 38.4 Å². The molecule has 0 N–H and O–H groups in total. The molecule has 1 aliphatic heterocycles. The normalized spacial score (nSPS) is 20.6. The first-order valence-electron chi connectivity index (χ1n) is 5.19. The number of nitrogens with zero attached hydrogens (tertiary/aromatic N) is 1. The Hall–Kier alpha value is -0.770. The summed E-state index contributed by atoms with van der Waals surface area (Å²) in [6.45, 7) is 6.14. The van der Waals surface area contributed by atoms with Gasteiger partial charge in [-0.25, -0.2) is 0 Å². The second kappa shape index (κ2) is 4.84. The SMILES string of the molecule is CC/C=C/CCN1C(=O)SC(C)(C)C1=O. The van der Waals surface area contributed by atoms with E-state index in [2.05, 4.69) is 6.92 Å². The monoisotopic (exact) mass is 227 g/mol. The Labute approximate surface area is 94.9 Å². The largest absolute Gasteiger partial charge is 0.289 e. The molecule has 0 aliphatic carbocycles. The van der Waals surface area contributed by atoms with E-state index in [1.165, 1.54) is 4.90 Å². The third-order valence-corrected chi connectivity index (χ3v) is 3.32. The van der Waals surface area contributed by atoms with Crippen LogP contribution in [0.3, 0.4) is 0 Å². The molecule has 2 amide bonds. The molecule has 0 aromatic heterocycles. The Morgan fingerprint density at radius 2 is 2.00 bits per heavy atom. The summed E-state index contributed by atoms with van der Waals surface area (Å²) in [4.78, 5) is 24.6. The molecule has 0 atom stereocenters. The van der Waals surface area contributed by atoms with E-state index >= 15 is 0 Å². The van der Waals surface area contributed by atoms with Crippen molar-refractivity contribution >= 4 is 22.9 Å². The number of thioether (sulfide) groups is 1. The second-order valence-electron chi connectivity index (χ2n) is 4.00.